The average molecular weight is 519 g/mol. The summed E-state index contributed by atoms with van der Waals surface area (Å²) >= 11 is 4.98. The van der Waals surface area contributed by atoms with E-state index in [1.54, 1.807) is 38.4 Å². The molecule has 166 valence electrons. The highest BCUT2D eigenvalue weighted by atomic mass is 79.9. The van der Waals surface area contributed by atoms with Crippen molar-refractivity contribution in [1.29, 1.82) is 0 Å². The lowest BCUT2D eigenvalue weighted by Crippen LogP contribution is -2.46. The first-order chi connectivity index (χ1) is 15.2. The number of halogens is 2. The zero-order valence-corrected chi connectivity index (χ0v) is 19.8. The van der Waals surface area contributed by atoms with Gasteiger partial charge in [0, 0.05) is 36.8 Å². The van der Waals surface area contributed by atoms with E-state index in [0.717, 1.165) is 15.4 Å². The van der Waals surface area contributed by atoms with Crippen LogP contribution in [0.3, 0.4) is 0 Å². The van der Waals surface area contributed by atoms with Crippen LogP contribution in [0.4, 0.5) is 15.1 Å². The van der Waals surface area contributed by atoms with Crippen molar-refractivity contribution >= 4 is 45.2 Å². The predicted molar refractivity (Wildman–Crippen MR) is 123 cm³/mol. The molecular weight excluding hydrogens is 499 g/mol. The molecule has 3 amide bonds. The van der Waals surface area contributed by atoms with Gasteiger partial charge in [-0.2, -0.15) is 0 Å². The smallest absolute Gasteiger partial charge is 0.325 e. The third-order valence-corrected chi connectivity index (χ3v) is 6.69. The molecule has 8 nitrogen and oxygen atoms in total. The molecule has 11 heteroatoms. The summed E-state index contributed by atoms with van der Waals surface area (Å²) in [6.07, 6.45) is 4.08. The standard InChI is InChI=1S/C21H20BrFN6O2S/c1-21(2)18(30)28-20(31)29(21)8-7-24-19-26-11-15(22)16(27-19)17-25-10-14(32-17)9-12-3-5-13(23)6-4-12/h3-6,10-11H,7-9H2,1-2H3,(H,24,26,27)(H,28,30,31). The van der Waals surface area contributed by atoms with E-state index < -0.39 is 11.6 Å². The molecule has 0 bridgehead atoms. The Bertz CT molecular complexity index is 1170. The van der Waals surface area contributed by atoms with Crippen LogP contribution in [0.5, 0.6) is 0 Å². The molecule has 32 heavy (non-hydrogen) atoms. The summed E-state index contributed by atoms with van der Waals surface area (Å²) in [7, 11) is 0. The highest BCUT2D eigenvalue weighted by Crippen LogP contribution is 2.31. The maximum absolute atomic E-state index is 13.1. The highest BCUT2D eigenvalue weighted by molar-refractivity contribution is 9.10. The van der Waals surface area contributed by atoms with Crippen LogP contribution in [-0.4, -0.2) is 50.4 Å². The van der Waals surface area contributed by atoms with Crippen molar-refractivity contribution in [1.82, 2.24) is 25.2 Å². The normalized spacial score (nSPS) is 15.2. The number of carbonyl (C=O) groups excluding carboxylic acids is 2. The fourth-order valence-corrected chi connectivity index (χ4v) is 4.72. The van der Waals surface area contributed by atoms with Crippen LogP contribution in [0, 0.1) is 5.82 Å². The maximum Gasteiger partial charge on any atom is 0.325 e. The lowest BCUT2D eigenvalue weighted by molar-refractivity contribution is -0.125. The number of imide groups is 1. The number of nitrogens with one attached hydrogen (secondary N) is 2. The van der Waals surface area contributed by atoms with Crippen LogP contribution in [-0.2, 0) is 11.2 Å². The van der Waals surface area contributed by atoms with Gasteiger partial charge in [-0.25, -0.2) is 24.1 Å². The minimum absolute atomic E-state index is 0.260. The fourth-order valence-electron chi connectivity index (χ4n) is 3.26. The second-order valence-electron chi connectivity index (χ2n) is 7.72. The molecule has 2 N–H and O–H groups in total. The van der Waals surface area contributed by atoms with E-state index >= 15 is 0 Å². The fraction of sp³-hybridized carbons (Fsp3) is 0.286. The number of carbonyl (C=O) groups is 2. The molecule has 0 atom stereocenters. The lowest BCUT2D eigenvalue weighted by atomic mass is 10.0. The van der Waals surface area contributed by atoms with Gasteiger partial charge in [0.25, 0.3) is 5.91 Å². The number of hydrogen-bond acceptors (Lipinski definition) is 7. The van der Waals surface area contributed by atoms with Crippen LogP contribution < -0.4 is 10.6 Å². The number of thiazole rings is 1. The van der Waals surface area contributed by atoms with Crippen LogP contribution in [0.15, 0.2) is 41.1 Å². The Morgan fingerprint density at radius 1 is 1.19 bits per heavy atom. The Labute approximate surface area is 196 Å². The third kappa shape index (κ3) is 4.63. The van der Waals surface area contributed by atoms with E-state index in [9.17, 15) is 14.0 Å². The zero-order chi connectivity index (χ0) is 22.9. The first-order valence-electron chi connectivity index (χ1n) is 9.83. The summed E-state index contributed by atoms with van der Waals surface area (Å²) in [4.78, 5) is 39.7. The van der Waals surface area contributed by atoms with Crippen LogP contribution in [0.2, 0.25) is 0 Å². The predicted octanol–water partition coefficient (Wildman–Crippen LogP) is 3.83. The molecule has 1 saturated heterocycles. The van der Waals surface area contributed by atoms with Crippen LogP contribution in [0.25, 0.3) is 10.7 Å². The van der Waals surface area contributed by atoms with Crippen LogP contribution in [0.1, 0.15) is 24.3 Å². The first kappa shape index (κ1) is 22.3. The topological polar surface area (TPSA) is 100 Å². The first-order valence-corrected chi connectivity index (χ1v) is 11.4. The number of benzene rings is 1. The molecule has 1 aromatic carbocycles. The minimum atomic E-state index is -0.897. The second kappa shape index (κ2) is 8.91. The second-order valence-corrected chi connectivity index (χ2v) is 9.69. The summed E-state index contributed by atoms with van der Waals surface area (Å²) < 4.78 is 13.8. The van der Waals surface area contributed by atoms with Gasteiger partial charge in [0.05, 0.1) is 4.47 Å². The summed E-state index contributed by atoms with van der Waals surface area (Å²) in [5.41, 5.74) is 0.747. The number of rotatable bonds is 7. The Balaban J connectivity index is 1.43. The number of amides is 3. The molecule has 0 saturated carbocycles. The summed E-state index contributed by atoms with van der Waals surface area (Å²) in [6.45, 7) is 4.10. The zero-order valence-electron chi connectivity index (χ0n) is 17.4. The lowest BCUT2D eigenvalue weighted by Gasteiger charge is -2.27. The van der Waals surface area contributed by atoms with Gasteiger partial charge in [-0.15, -0.1) is 11.3 Å². The number of nitrogens with zero attached hydrogens (tertiary/aromatic N) is 4. The van der Waals surface area contributed by atoms with Crippen molar-refractivity contribution in [3.63, 3.8) is 0 Å². The third-order valence-electron chi connectivity index (χ3n) is 5.11. The van der Waals surface area contributed by atoms with Gasteiger partial charge >= 0.3 is 6.03 Å². The van der Waals surface area contributed by atoms with Gasteiger partial charge < -0.3 is 10.2 Å². The van der Waals surface area contributed by atoms with Crippen LogP contribution >= 0.6 is 27.3 Å². The quantitative estimate of drug-likeness (QED) is 0.461. The number of aromatic nitrogens is 3. The van der Waals surface area contributed by atoms with Crippen molar-refractivity contribution in [2.45, 2.75) is 25.8 Å². The molecule has 1 aliphatic rings. The molecule has 0 spiro atoms. The van der Waals surface area contributed by atoms with Gasteiger partial charge in [0.15, 0.2) is 0 Å². The molecule has 2 aromatic heterocycles. The average Bonchev–Trinajstić information content (AvgIpc) is 3.28. The molecular formula is C21H20BrFN6O2S. The molecule has 0 radical (unpaired) electrons. The van der Waals surface area contributed by atoms with Crippen molar-refractivity contribution < 1.29 is 14.0 Å². The number of hydrogen-bond donors (Lipinski definition) is 2. The van der Waals surface area contributed by atoms with Gasteiger partial charge in [0.1, 0.15) is 22.1 Å². The monoisotopic (exact) mass is 518 g/mol. The van der Waals surface area contributed by atoms with Crippen molar-refractivity contribution in [3.8, 4) is 10.7 Å². The molecule has 1 aliphatic heterocycles. The van der Waals surface area contributed by atoms with Gasteiger partial charge in [-0.3, -0.25) is 10.1 Å². The van der Waals surface area contributed by atoms with Crippen molar-refractivity contribution in [3.05, 3.63) is 57.4 Å². The summed E-state index contributed by atoms with van der Waals surface area (Å²) in [5.74, 6) is -0.184. The van der Waals surface area contributed by atoms with E-state index in [-0.39, 0.29) is 11.7 Å². The molecule has 1 fully saturated rings. The van der Waals surface area contributed by atoms with Gasteiger partial charge in [-0.05, 0) is 47.5 Å². The Morgan fingerprint density at radius 2 is 1.94 bits per heavy atom. The Hall–Kier alpha value is -2.92. The molecule has 0 aliphatic carbocycles. The number of anilines is 1. The van der Waals surface area contributed by atoms with Crippen molar-refractivity contribution in [2.75, 3.05) is 18.4 Å². The van der Waals surface area contributed by atoms with E-state index in [0.29, 0.717) is 35.6 Å². The summed E-state index contributed by atoms with van der Waals surface area (Å²) in [5, 5.41) is 6.15. The molecule has 0 unspecified atom stereocenters. The molecule has 3 heterocycles. The Morgan fingerprint density at radius 3 is 2.62 bits per heavy atom. The maximum atomic E-state index is 13.1. The van der Waals surface area contributed by atoms with E-state index in [1.807, 2.05) is 0 Å². The largest absolute Gasteiger partial charge is 0.352 e. The molecule has 4 rings (SSSR count). The molecule has 3 aromatic rings. The van der Waals surface area contributed by atoms with E-state index in [2.05, 4.69) is 41.5 Å². The van der Waals surface area contributed by atoms with E-state index in [4.69, 9.17) is 0 Å². The highest BCUT2D eigenvalue weighted by Gasteiger charge is 2.45. The van der Waals surface area contributed by atoms with Gasteiger partial charge in [-0.1, -0.05) is 12.1 Å². The number of urea groups is 1. The summed E-state index contributed by atoms with van der Waals surface area (Å²) in [6, 6.07) is 5.99. The SMILES string of the molecule is CC1(C)C(=O)NC(=O)N1CCNc1ncc(Br)c(-c2ncc(Cc3ccc(F)cc3)s2)n1. The van der Waals surface area contributed by atoms with Gasteiger partial charge in [0.2, 0.25) is 5.95 Å². The van der Waals surface area contributed by atoms with E-state index in [1.165, 1.54) is 28.4 Å². The van der Waals surface area contributed by atoms with Crippen molar-refractivity contribution in [2.24, 2.45) is 0 Å². The Kier molecular flexibility index (Phi) is 6.20. The minimum Gasteiger partial charge on any atom is -0.352 e.